The highest BCUT2D eigenvalue weighted by Crippen LogP contribution is 2.08. The Labute approximate surface area is 114 Å². The van der Waals surface area contributed by atoms with Crippen molar-refractivity contribution >= 4 is 5.96 Å². The Morgan fingerprint density at radius 2 is 2.26 bits per heavy atom. The molecule has 0 saturated heterocycles. The van der Waals surface area contributed by atoms with Crippen LogP contribution in [-0.2, 0) is 11.3 Å². The number of hydrogen-bond acceptors (Lipinski definition) is 4. The molecule has 0 spiro atoms. The number of pyridine rings is 1. The van der Waals surface area contributed by atoms with E-state index in [1.54, 1.807) is 20.4 Å². The number of rotatable bonds is 7. The first-order valence-corrected chi connectivity index (χ1v) is 6.31. The Kier molecular flexibility index (Phi) is 7.34. The summed E-state index contributed by atoms with van der Waals surface area (Å²) in [6, 6.07) is 3.86. The van der Waals surface area contributed by atoms with Gasteiger partial charge in [-0.1, -0.05) is 0 Å². The number of nitrogens with one attached hydrogen (secondary N) is 2. The van der Waals surface area contributed by atoms with Gasteiger partial charge >= 0.3 is 0 Å². The molecule has 0 bridgehead atoms. The lowest BCUT2D eigenvalue weighted by atomic mass is 10.2. The topological polar surface area (TPSA) is 67.8 Å². The van der Waals surface area contributed by atoms with Crippen molar-refractivity contribution in [2.75, 3.05) is 33.9 Å². The van der Waals surface area contributed by atoms with Gasteiger partial charge < -0.3 is 20.1 Å². The average Bonchev–Trinajstić information content (AvgIpc) is 2.43. The zero-order chi connectivity index (χ0) is 13.9. The zero-order valence-electron chi connectivity index (χ0n) is 11.8. The van der Waals surface area contributed by atoms with Crippen LogP contribution < -0.4 is 15.4 Å². The Morgan fingerprint density at radius 1 is 1.42 bits per heavy atom. The molecule has 1 heterocycles. The van der Waals surface area contributed by atoms with Gasteiger partial charge in [-0.2, -0.15) is 0 Å². The predicted molar refractivity (Wildman–Crippen MR) is 75.5 cm³/mol. The third-order valence-electron chi connectivity index (χ3n) is 2.37. The fraction of sp³-hybridized carbons (Fsp3) is 0.538. The van der Waals surface area contributed by atoms with Crippen molar-refractivity contribution in [2.45, 2.75) is 13.5 Å². The average molecular weight is 266 g/mol. The van der Waals surface area contributed by atoms with Crippen LogP contribution >= 0.6 is 0 Å². The van der Waals surface area contributed by atoms with Gasteiger partial charge in [0.25, 0.3) is 0 Å². The van der Waals surface area contributed by atoms with Crippen molar-refractivity contribution in [1.82, 2.24) is 15.6 Å². The summed E-state index contributed by atoms with van der Waals surface area (Å²) in [5.41, 5.74) is 1.09. The van der Waals surface area contributed by atoms with E-state index in [4.69, 9.17) is 9.47 Å². The zero-order valence-corrected chi connectivity index (χ0v) is 11.8. The molecule has 0 unspecified atom stereocenters. The Hall–Kier alpha value is -1.82. The fourth-order valence-electron chi connectivity index (χ4n) is 1.47. The molecule has 0 aliphatic rings. The van der Waals surface area contributed by atoms with Gasteiger partial charge in [-0.15, -0.1) is 0 Å². The molecule has 0 atom stereocenters. The van der Waals surface area contributed by atoms with Crippen molar-refractivity contribution in [3.05, 3.63) is 23.9 Å². The molecule has 6 heteroatoms. The van der Waals surface area contributed by atoms with E-state index in [-0.39, 0.29) is 0 Å². The third-order valence-corrected chi connectivity index (χ3v) is 2.37. The van der Waals surface area contributed by atoms with Crippen molar-refractivity contribution in [2.24, 2.45) is 4.99 Å². The summed E-state index contributed by atoms with van der Waals surface area (Å²) in [5, 5.41) is 6.36. The normalized spacial score (nSPS) is 11.2. The number of aromatic nitrogens is 1. The first kappa shape index (κ1) is 15.2. The minimum atomic E-state index is 0.615. The summed E-state index contributed by atoms with van der Waals surface area (Å²) in [6.07, 6.45) is 1.74. The van der Waals surface area contributed by atoms with Gasteiger partial charge in [0.1, 0.15) is 0 Å². The summed E-state index contributed by atoms with van der Waals surface area (Å²) in [7, 11) is 3.41. The highest BCUT2D eigenvalue weighted by molar-refractivity contribution is 5.79. The van der Waals surface area contributed by atoms with Gasteiger partial charge in [0, 0.05) is 39.5 Å². The lowest BCUT2D eigenvalue weighted by Crippen LogP contribution is -2.38. The second kappa shape index (κ2) is 9.16. The summed E-state index contributed by atoms with van der Waals surface area (Å²) in [4.78, 5) is 8.25. The number of methoxy groups -OCH3 is 1. The maximum Gasteiger partial charge on any atom is 0.213 e. The monoisotopic (exact) mass is 266 g/mol. The molecule has 1 aromatic heterocycles. The van der Waals surface area contributed by atoms with Crippen LogP contribution in [0.1, 0.15) is 12.5 Å². The van der Waals surface area contributed by atoms with Gasteiger partial charge in [-0.3, -0.25) is 4.99 Å². The van der Waals surface area contributed by atoms with Crippen LogP contribution in [0.25, 0.3) is 0 Å². The summed E-state index contributed by atoms with van der Waals surface area (Å²) >= 11 is 0. The SMILES string of the molecule is CCOc1cc(CNC(=NC)NCCOC)ccn1. The van der Waals surface area contributed by atoms with E-state index in [1.807, 2.05) is 19.1 Å². The van der Waals surface area contributed by atoms with Crippen LogP contribution in [0.15, 0.2) is 23.3 Å². The maximum atomic E-state index is 5.36. The Morgan fingerprint density at radius 3 is 2.95 bits per heavy atom. The molecular formula is C13H22N4O2. The second-order valence-corrected chi connectivity index (χ2v) is 3.78. The van der Waals surface area contributed by atoms with Gasteiger partial charge in [-0.05, 0) is 18.6 Å². The van der Waals surface area contributed by atoms with Gasteiger partial charge in [-0.25, -0.2) is 4.98 Å². The first-order valence-electron chi connectivity index (χ1n) is 6.31. The van der Waals surface area contributed by atoms with Crippen LogP contribution in [-0.4, -0.2) is 44.9 Å². The highest BCUT2D eigenvalue weighted by Gasteiger charge is 2.00. The van der Waals surface area contributed by atoms with E-state index in [1.165, 1.54) is 0 Å². The smallest absolute Gasteiger partial charge is 0.213 e. The van der Waals surface area contributed by atoms with Crippen molar-refractivity contribution in [1.29, 1.82) is 0 Å². The summed E-state index contributed by atoms with van der Waals surface area (Å²) < 4.78 is 10.3. The molecule has 0 radical (unpaired) electrons. The lowest BCUT2D eigenvalue weighted by Gasteiger charge is -2.12. The number of nitrogens with zero attached hydrogens (tertiary/aromatic N) is 2. The van der Waals surface area contributed by atoms with Crippen molar-refractivity contribution < 1.29 is 9.47 Å². The van der Waals surface area contributed by atoms with E-state index in [0.717, 1.165) is 18.1 Å². The number of ether oxygens (including phenoxy) is 2. The van der Waals surface area contributed by atoms with E-state index < -0.39 is 0 Å². The molecule has 106 valence electrons. The predicted octanol–water partition coefficient (Wildman–Crippen LogP) is 0.792. The van der Waals surface area contributed by atoms with Crippen LogP contribution in [0.3, 0.4) is 0 Å². The second-order valence-electron chi connectivity index (χ2n) is 3.78. The highest BCUT2D eigenvalue weighted by atomic mass is 16.5. The van der Waals surface area contributed by atoms with Crippen LogP contribution in [0.5, 0.6) is 5.88 Å². The molecule has 0 aromatic carbocycles. The molecule has 0 fully saturated rings. The lowest BCUT2D eigenvalue weighted by molar-refractivity contribution is 0.203. The first-order chi connectivity index (χ1) is 9.30. The van der Waals surface area contributed by atoms with Gasteiger partial charge in [0.15, 0.2) is 5.96 Å². The van der Waals surface area contributed by atoms with E-state index in [0.29, 0.717) is 25.6 Å². The van der Waals surface area contributed by atoms with Crippen LogP contribution in [0.2, 0.25) is 0 Å². The molecule has 0 saturated carbocycles. The fourth-order valence-corrected chi connectivity index (χ4v) is 1.47. The number of guanidine groups is 1. The quantitative estimate of drug-likeness (QED) is 0.434. The Bertz CT molecular complexity index is 396. The van der Waals surface area contributed by atoms with Crippen molar-refractivity contribution in [3.8, 4) is 5.88 Å². The van der Waals surface area contributed by atoms with E-state index >= 15 is 0 Å². The molecule has 0 aliphatic carbocycles. The standard InChI is InChI=1S/C13H22N4O2/c1-4-19-12-9-11(5-6-15-12)10-17-13(14-2)16-7-8-18-3/h5-6,9H,4,7-8,10H2,1-3H3,(H2,14,16,17). The molecule has 2 N–H and O–H groups in total. The summed E-state index contributed by atoms with van der Waals surface area (Å²) in [6.45, 7) is 4.58. The van der Waals surface area contributed by atoms with Gasteiger partial charge in [0.2, 0.25) is 5.88 Å². The van der Waals surface area contributed by atoms with E-state index in [9.17, 15) is 0 Å². The molecule has 0 amide bonds. The minimum absolute atomic E-state index is 0.615. The van der Waals surface area contributed by atoms with Crippen LogP contribution in [0, 0.1) is 0 Å². The number of aliphatic imine (C=N–C) groups is 1. The molecule has 0 aliphatic heterocycles. The molecule has 1 aromatic rings. The molecular weight excluding hydrogens is 244 g/mol. The van der Waals surface area contributed by atoms with Gasteiger partial charge in [0.05, 0.1) is 13.2 Å². The molecule has 6 nitrogen and oxygen atoms in total. The molecule has 19 heavy (non-hydrogen) atoms. The maximum absolute atomic E-state index is 5.36. The van der Waals surface area contributed by atoms with Crippen LogP contribution in [0.4, 0.5) is 0 Å². The van der Waals surface area contributed by atoms with E-state index in [2.05, 4.69) is 20.6 Å². The van der Waals surface area contributed by atoms with Crippen molar-refractivity contribution in [3.63, 3.8) is 0 Å². The third kappa shape index (κ3) is 6.05. The summed E-state index contributed by atoms with van der Waals surface area (Å²) in [5.74, 6) is 1.39. The number of hydrogen-bond donors (Lipinski definition) is 2. The minimum Gasteiger partial charge on any atom is -0.478 e. The largest absolute Gasteiger partial charge is 0.478 e. The molecule has 1 rings (SSSR count). The Balaban J connectivity index is 2.43.